The first kappa shape index (κ1) is 16.0. The zero-order valence-corrected chi connectivity index (χ0v) is 12.1. The smallest absolute Gasteiger partial charge is 0.0426 e. The average Bonchev–Trinajstić information content (AvgIpc) is 2.45. The second kappa shape index (κ2) is 11.5. The molecular weight excluding hydrogens is 414 g/mol. The molecule has 90 valence electrons. The van der Waals surface area contributed by atoms with Gasteiger partial charge in [0.25, 0.3) is 0 Å². The Hall–Kier alpha value is -1.02. The van der Waals surface area contributed by atoms with Gasteiger partial charge in [0.1, 0.15) is 0 Å². The van der Waals surface area contributed by atoms with Crippen LogP contribution in [0.15, 0.2) is 48.7 Å². The van der Waals surface area contributed by atoms with Gasteiger partial charge in [-0.2, -0.15) is 35.9 Å². The van der Waals surface area contributed by atoms with Crippen LogP contribution in [0, 0.1) is 6.07 Å². The molecule has 0 amide bonds. The third-order valence-corrected chi connectivity index (χ3v) is 1.87. The summed E-state index contributed by atoms with van der Waals surface area (Å²) in [7, 11) is 4.64. The van der Waals surface area contributed by atoms with Crippen LogP contribution in [0.4, 0.5) is 0 Å². The minimum Gasteiger partial charge on any atom is -0.261 e. The molecule has 2 aromatic rings. The van der Waals surface area contributed by atoms with Crippen molar-refractivity contribution in [3.05, 3.63) is 66.0 Å². The Morgan fingerprint density at radius 3 is 2.41 bits per heavy atom. The van der Waals surface area contributed by atoms with Crippen molar-refractivity contribution >= 4 is 16.4 Å². The summed E-state index contributed by atoms with van der Waals surface area (Å²) in [6.45, 7) is 3.25. The number of pyridine rings is 1. The van der Waals surface area contributed by atoms with Crippen molar-refractivity contribution in [3.63, 3.8) is 0 Å². The van der Waals surface area contributed by atoms with Gasteiger partial charge in [-0.1, -0.05) is 6.07 Å². The largest absolute Gasteiger partial charge is 0.261 e. The fourth-order valence-electron chi connectivity index (χ4n) is 1.24. The first-order valence-electron chi connectivity index (χ1n) is 4.67. The van der Waals surface area contributed by atoms with E-state index in [0.29, 0.717) is 0 Å². The zero-order valence-electron chi connectivity index (χ0n) is 8.97. The van der Waals surface area contributed by atoms with Crippen molar-refractivity contribution in [2.24, 2.45) is 0 Å². The van der Waals surface area contributed by atoms with Gasteiger partial charge in [-0.3, -0.25) is 11.8 Å². The van der Waals surface area contributed by atoms with E-state index >= 15 is 0 Å². The van der Waals surface area contributed by atoms with Gasteiger partial charge in [0.05, 0.1) is 0 Å². The molecule has 0 unspecified atom stereocenters. The van der Waals surface area contributed by atoms with Crippen LogP contribution in [0.3, 0.4) is 0 Å². The SMILES string of the molecule is [CH-]=O.[Cl][Ir+2].[c-]1ccccc1Cc1ccccn1. The van der Waals surface area contributed by atoms with Crippen molar-refractivity contribution in [1.29, 1.82) is 0 Å². The molecule has 0 spiro atoms. The number of hydrogen-bond donors (Lipinski definition) is 0. The van der Waals surface area contributed by atoms with Crippen LogP contribution in [0.2, 0.25) is 0 Å². The molecule has 0 bridgehead atoms. The second-order valence-corrected chi connectivity index (χ2v) is 2.89. The third kappa shape index (κ3) is 7.01. The van der Waals surface area contributed by atoms with Gasteiger partial charge < -0.3 is 4.79 Å². The molecule has 1 aromatic carbocycles. The normalized spacial score (nSPS) is 8.12. The predicted octanol–water partition coefficient (Wildman–Crippen LogP) is 2.89. The fraction of sp³-hybridized carbons (Fsp3) is 0.0769. The summed E-state index contributed by atoms with van der Waals surface area (Å²) in [5.74, 6) is 0. The molecular formula is C13H11ClIrNO. The summed E-state index contributed by atoms with van der Waals surface area (Å²) in [6, 6.07) is 17.1. The van der Waals surface area contributed by atoms with E-state index in [-0.39, 0.29) is 0 Å². The molecule has 1 heterocycles. The fourth-order valence-corrected chi connectivity index (χ4v) is 1.24. The van der Waals surface area contributed by atoms with Crippen molar-refractivity contribution in [2.45, 2.75) is 6.42 Å². The van der Waals surface area contributed by atoms with E-state index < -0.39 is 0 Å². The maximum atomic E-state index is 7.75. The van der Waals surface area contributed by atoms with Crippen molar-refractivity contribution < 1.29 is 22.7 Å². The topological polar surface area (TPSA) is 30.0 Å². The summed E-state index contributed by atoms with van der Waals surface area (Å²) in [5, 5.41) is 0. The van der Waals surface area contributed by atoms with Crippen molar-refractivity contribution in [1.82, 2.24) is 4.98 Å². The van der Waals surface area contributed by atoms with Crippen LogP contribution in [0.25, 0.3) is 0 Å². The summed E-state index contributed by atoms with van der Waals surface area (Å²) in [5.41, 5.74) is 2.27. The Bertz CT molecular complexity index is 346. The van der Waals surface area contributed by atoms with E-state index in [1.807, 2.05) is 42.6 Å². The molecule has 4 heteroatoms. The standard InChI is InChI=1S/C12H10N.CHO.ClH.Ir/c1-2-6-11(7-3-1)10-12-8-4-5-9-13-12;1-2;;/h1-6,8-9H,10H2;1H;1H;/q2*-1;;+3/p-1. The second-order valence-electron chi connectivity index (χ2n) is 2.89. The summed E-state index contributed by atoms with van der Waals surface area (Å²) in [4.78, 5) is 12.0. The number of hydrogen-bond acceptors (Lipinski definition) is 2. The molecule has 0 fully saturated rings. The Morgan fingerprint density at radius 1 is 1.18 bits per heavy atom. The molecule has 2 rings (SSSR count). The monoisotopic (exact) mass is 425 g/mol. The molecule has 1 aromatic heterocycles. The minimum absolute atomic E-state index is 0.863. The predicted molar refractivity (Wildman–Crippen MR) is 64.9 cm³/mol. The molecule has 17 heavy (non-hydrogen) atoms. The molecule has 0 atom stereocenters. The number of halogens is 1. The van der Waals surface area contributed by atoms with Crippen LogP contribution >= 0.6 is 9.58 Å². The minimum atomic E-state index is 0.863. The number of nitrogens with zero attached hydrogens (tertiary/aromatic N) is 1. The molecule has 0 radical (unpaired) electrons. The van der Waals surface area contributed by atoms with Gasteiger partial charge in [-0.05, 0) is 18.6 Å². The van der Waals surface area contributed by atoms with Gasteiger partial charge >= 0.3 is 27.5 Å². The molecule has 0 N–H and O–H groups in total. The number of carbonyl (C=O) groups excluding carboxylic acids is 1. The molecule has 0 saturated heterocycles. The van der Waals surface area contributed by atoms with Crippen LogP contribution in [-0.2, 0) is 29.1 Å². The van der Waals surface area contributed by atoms with Crippen molar-refractivity contribution in [2.75, 3.05) is 0 Å². The average molecular weight is 425 g/mol. The van der Waals surface area contributed by atoms with Gasteiger partial charge in [0, 0.05) is 11.9 Å². The summed E-state index contributed by atoms with van der Waals surface area (Å²) >= 11 is 1.47. The van der Waals surface area contributed by atoms with Gasteiger partial charge in [0.15, 0.2) is 0 Å². The van der Waals surface area contributed by atoms with Crippen LogP contribution < -0.4 is 0 Å². The first-order chi connectivity index (χ1) is 8.45. The Morgan fingerprint density at radius 2 is 1.88 bits per heavy atom. The Labute approximate surface area is 116 Å². The van der Waals surface area contributed by atoms with E-state index in [4.69, 9.17) is 4.79 Å². The third-order valence-electron chi connectivity index (χ3n) is 1.87. The maximum absolute atomic E-state index is 7.75. The molecule has 0 aliphatic rings. The van der Waals surface area contributed by atoms with Crippen LogP contribution in [-0.4, -0.2) is 11.8 Å². The number of aromatic nitrogens is 1. The van der Waals surface area contributed by atoms with Gasteiger partial charge in [-0.15, -0.1) is 0 Å². The van der Waals surface area contributed by atoms with E-state index in [1.54, 1.807) is 0 Å². The Balaban J connectivity index is 0.000000581. The van der Waals surface area contributed by atoms with E-state index in [9.17, 15) is 0 Å². The van der Waals surface area contributed by atoms with E-state index in [0.717, 1.165) is 12.1 Å². The van der Waals surface area contributed by atoms with Crippen molar-refractivity contribution in [3.8, 4) is 0 Å². The van der Waals surface area contributed by atoms with E-state index in [1.165, 1.54) is 23.5 Å². The van der Waals surface area contributed by atoms with Gasteiger partial charge in [-0.25, -0.2) is 0 Å². The molecule has 0 aliphatic heterocycles. The van der Waals surface area contributed by atoms with Crippen LogP contribution in [0.1, 0.15) is 11.3 Å². The quantitative estimate of drug-likeness (QED) is 0.548. The maximum Gasteiger partial charge on any atom is 0.0426 e. The molecule has 0 saturated carbocycles. The van der Waals surface area contributed by atoms with E-state index in [2.05, 4.69) is 33.5 Å². The number of benzene rings is 1. The van der Waals surface area contributed by atoms with Crippen LogP contribution in [0.5, 0.6) is 0 Å². The summed E-state index contributed by atoms with van der Waals surface area (Å²) < 4.78 is 0. The first-order valence-corrected chi connectivity index (χ1v) is 7.63. The zero-order chi connectivity index (χ0) is 12.9. The summed E-state index contributed by atoms with van der Waals surface area (Å²) in [6.07, 6.45) is 2.68. The van der Waals surface area contributed by atoms with Gasteiger partial charge in [0.2, 0.25) is 0 Å². The molecule has 2 nitrogen and oxygen atoms in total. The molecule has 0 aliphatic carbocycles. The number of rotatable bonds is 2. The Kier molecular flexibility index (Phi) is 10.8.